The number of epoxide rings is 1. The molecule has 2 saturated heterocycles. The summed E-state index contributed by atoms with van der Waals surface area (Å²) in [4.78, 5) is 40.3. The first-order valence-electron chi connectivity index (χ1n) is 15.4. The lowest BCUT2D eigenvalue weighted by Gasteiger charge is -2.52. The third-order valence-corrected chi connectivity index (χ3v) is 9.35. The Kier molecular flexibility index (Phi) is 9.34. The highest BCUT2D eigenvalue weighted by Gasteiger charge is 2.64. The SMILES string of the molecule is COc1ccc(C[C@H](NC(=O)[C@@H](C)NC(=O)[C@H]2CC[C@H](O)CC2)C(=O)N[C@@]2(CC3=CCCC3)COC2[C@@]2(C)CO2)cc1O. The van der Waals surface area contributed by atoms with Crippen LogP contribution in [0.2, 0.25) is 0 Å². The van der Waals surface area contributed by atoms with Gasteiger partial charge in [0.25, 0.3) is 0 Å². The minimum absolute atomic E-state index is 0.0698. The Morgan fingerprint density at radius 3 is 2.44 bits per heavy atom. The molecule has 5 N–H and O–H groups in total. The standard InChI is InChI=1S/C32H45N3O8/c1-19(33-28(39)22-9-11-23(36)12-10-22)27(38)34-24(14-21-8-13-26(41-3)25(37)15-21)29(40)35-32(16-20-6-4-5-7-20)18-42-30(32)31(2)17-43-31/h6,8,13,15,19,22-24,30,36-37H,4-5,7,9-12,14,16-18H2,1-3H3,(H,33,39)(H,34,38)(H,35,40)/t19-,22-,23-,24+,30?,31-,32+/m1/s1. The van der Waals surface area contributed by atoms with Crippen molar-refractivity contribution in [3.8, 4) is 11.5 Å². The molecular weight excluding hydrogens is 554 g/mol. The number of ether oxygens (including phenoxy) is 3. The van der Waals surface area contributed by atoms with Gasteiger partial charge in [0.15, 0.2) is 11.5 Å². The normalized spacial score (nSPS) is 31.2. The molecule has 0 spiro atoms. The van der Waals surface area contributed by atoms with E-state index < -0.39 is 29.1 Å². The average molecular weight is 600 g/mol. The Hall–Kier alpha value is -3.15. The minimum Gasteiger partial charge on any atom is -0.504 e. The molecule has 2 heterocycles. The van der Waals surface area contributed by atoms with Gasteiger partial charge in [-0.15, -0.1) is 0 Å². The summed E-state index contributed by atoms with van der Waals surface area (Å²) in [5, 5.41) is 29.0. The number of aromatic hydroxyl groups is 1. The van der Waals surface area contributed by atoms with Crippen molar-refractivity contribution in [2.24, 2.45) is 5.92 Å². The maximum atomic E-state index is 14.0. The number of benzene rings is 1. The summed E-state index contributed by atoms with van der Waals surface area (Å²) in [5.41, 5.74) is 0.765. The molecular formula is C32H45N3O8. The Labute approximate surface area is 252 Å². The van der Waals surface area contributed by atoms with Crippen molar-refractivity contribution in [3.63, 3.8) is 0 Å². The van der Waals surface area contributed by atoms with Crippen molar-refractivity contribution in [1.29, 1.82) is 0 Å². The van der Waals surface area contributed by atoms with E-state index in [0.717, 1.165) is 19.3 Å². The lowest BCUT2D eigenvalue weighted by Crippen LogP contribution is -2.73. The van der Waals surface area contributed by atoms with E-state index in [2.05, 4.69) is 22.0 Å². The fourth-order valence-corrected chi connectivity index (χ4v) is 6.66. The number of aliphatic hydroxyl groups excluding tert-OH is 1. The summed E-state index contributed by atoms with van der Waals surface area (Å²) in [6, 6.07) is 2.99. The average Bonchev–Trinajstić information content (AvgIpc) is 3.46. The van der Waals surface area contributed by atoms with Gasteiger partial charge in [0.05, 0.1) is 32.0 Å². The van der Waals surface area contributed by atoms with Crippen molar-refractivity contribution in [2.45, 2.75) is 107 Å². The van der Waals surface area contributed by atoms with Gasteiger partial charge in [-0.1, -0.05) is 17.7 Å². The number of allylic oxidation sites excluding steroid dienone is 1. The number of aliphatic hydroxyl groups is 1. The van der Waals surface area contributed by atoms with Crippen LogP contribution < -0.4 is 20.7 Å². The van der Waals surface area contributed by atoms with Gasteiger partial charge in [0.1, 0.15) is 23.8 Å². The van der Waals surface area contributed by atoms with Crippen molar-refractivity contribution in [1.82, 2.24) is 16.0 Å². The summed E-state index contributed by atoms with van der Waals surface area (Å²) in [6.07, 6.45) is 7.61. The van der Waals surface area contributed by atoms with E-state index in [1.807, 2.05) is 6.92 Å². The van der Waals surface area contributed by atoms with Gasteiger partial charge >= 0.3 is 0 Å². The number of phenols is 1. The Bertz CT molecular complexity index is 1240. The highest BCUT2D eigenvalue weighted by atomic mass is 16.6. The molecule has 0 radical (unpaired) electrons. The molecule has 5 atom stereocenters. The molecule has 2 aliphatic carbocycles. The first kappa shape index (κ1) is 31.3. The van der Waals surface area contributed by atoms with E-state index >= 15 is 0 Å². The van der Waals surface area contributed by atoms with E-state index in [0.29, 0.717) is 56.6 Å². The number of amides is 3. The molecule has 1 aromatic rings. The predicted octanol–water partition coefficient (Wildman–Crippen LogP) is 2.03. The van der Waals surface area contributed by atoms with E-state index in [-0.39, 0.29) is 42.1 Å². The zero-order valence-electron chi connectivity index (χ0n) is 25.3. The molecule has 43 heavy (non-hydrogen) atoms. The second-order valence-electron chi connectivity index (χ2n) is 12.9. The number of carbonyl (C=O) groups is 3. The van der Waals surface area contributed by atoms with Gasteiger partial charge in [0.2, 0.25) is 17.7 Å². The van der Waals surface area contributed by atoms with Gasteiger partial charge in [-0.05, 0) is 82.9 Å². The number of methoxy groups -OCH3 is 1. The van der Waals surface area contributed by atoms with Crippen LogP contribution >= 0.6 is 0 Å². The van der Waals surface area contributed by atoms with Gasteiger partial charge in [-0.25, -0.2) is 0 Å². The highest BCUT2D eigenvalue weighted by molar-refractivity contribution is 5.92. The molecule has 236 valence electrons. The van der Waals surface area contributed by atoms with Crippen LogP contribution in [0.4, 0.5) is 0 Å². The van der Waals surface area contributed by atoms with Gasteiger partial charge < -0.3 is 40.4 Å². The molecule has 11 heteroatoms. The molecule has 3 amide bonds. The first-order chi connectivity index (χ1) is 20.5. The molecule has 11 nitrogen and oxygen atoms in total. The van der Waals surface area contributed by atoms with Crippen LogP contribution in [0.5, 0.6) is 11.5 Å². The van der Waals surface area contributed by atoms with Gasteiger partial charge in [0, 0.05) is 12.3 Å². The quantitative estimate of drug-likeness (QED) is 0.180. The smallest absolute Gasteiger partial charge is 0.243 e. The molecule has 4 aliphatic rings. The van der Waals surface area contributed by atoms with Crippen LogP contribution in [0.15, 0.2) is 29.8 Å². The van der Waals surface area contributed by atoms with Gasteiger partial charge in [-0.3, -0.25) is 14.4 Å². The molecule has 1 aromatic carbocycles. The van der Waals surface area contributed by atoms with Crippen molar-refractivity contribution < 1.29 is 38.8 Å². The largest absolute Gasteiger partial charge is 0.504 e. The second-order valence-corrected chi connectivity index (χ2v) is 12.9. The fraction of sp³-hybridized carbons (Fsp3) is 0.656. The first-order valence-corrected chi connectivity index (χ1v) is 15.4. The maximum absolute atomic E-state index is 14.0. The molecule has 1 unspecified atom stereocenters. The van der Waals surface area contributed by atoms with E-state index in [1.54, 1.807) is 19.1 Å². The number of rotatable bonds is 12. The number of carbonyl (C=O) groups excluding carboxylic acids is 3. The van der Waals surface area contributed by atoms with Crippen LogP contribution in [-0.4, -0.2) is 83.7 Å². The minimum atomic E-state index is -0.993. The second kappa shape index (κ2) is 12.8. The fourth-order valence-electron chi connectivity index (χ4n) is 6.66. The zero-order valence-corrected chi connectivity index (χ0v) is 25.3. The summed E-state index contributed by atoms with van der Waals surface area (Å²) >= 11 is 0. The van der Waals surface area contributed by atoms with Crippen molar-refractivity contribution in [2.75, 3.05) is 20.3 Å². The topological polar surface area (TPSA) is 159 Å². The third kappa shape index (κ3) is 7.16. The van der Waals surface area contributed by atoms with Crippen LogP contribution in [0.3, 0.4) is 0 Å². The molecule has 0 aromatic heterocycles. The summed E-state index contributed by atoms with van der Waals surface area (Å²) < 4.78 is 16.9. The summed E-state index contributed by atoms with van der Waals surface area (Å²) in [6.45, 7) is 4.47. The van der Waals surface area contributed by atoms with E-state index in [4.69, 9.17) is 14.2 Å². The Morgan fingerprint density at radius 1 is 1.12 bits per heavy atom. The van der Waals surface area contributed by atoms with Crippen molar-refractivity contribution >= 4 is 17.7 Å². The number of nitrogens with one attached hydrogen (secondary N) is 3. The maximum Gasteiger partial charge on any atom is 0.243 e. The van der Waals surface area contributed by atoms with Crippen LogP contribution in [0.1, 0.15) is 70.8 Å². The summed E-state index contributed by atoms with van der Waals surface area (Å²) in [5.74, 6) is -1.12. The molecule has 3 fully saturated rings. The number of hydrogen-bond acceptors (Lipinski definition) is 8. The Morgan fingerprint density at radius 2 is 1.86 bits per heavy atom. The lowest BCUT2D eigenvalue weighted by atomic mass is 9.75. The van der Waals surface area contributed by atoms with E-state index in [1.165, 1.54) is 18.7 Å². The monoisotopic (exact) mass is 599 g/mol. The Balaban J connectivity index is 1.32. The van der Waals surface area contributed by atoms with Crippen molar-refractivity contribution in [3.05, 3.63) is 35.4 Å². The molecule has 0 bridgehead atoms. The molecule has 5 rings (SSSR count). The van der Waals surface area contributed by atoms with Gasteiger partial charge in [-0.2, -0.15) is 0 Å². The third-order valence-electron chi connectivity index (χ3n) is 9.35. The predicted molar refractivity (Wildman–Crippen MR) is 157 cm³/mol. The molecule has 1 saturated carbocycles. The zero-order chi connectivity index (χ0) is 30.8. The summed E-state index contributed by atoms with van der Waals surface area (Å²) in [7, 11) is 1.46. The number of phenolic OH excluding ortho intramolecular Hbond substituents is 1. The van der Waals surface area contributed by atoms with Crippen LogP contribution in [0.25, 0.3) is 0 Å². The lowest BCUT2D eigenvalue weighted by molar-refractivity contribution is -0.182. The van der Waals surface area contributed by atoms with E-state index in [9.17, 15) is 24.6 Å². The van der Waals surface area contributed by atoms with Crippen LogP contribution in [0, 0.1) is 5.92 Å². The highest BCUT2D eigenvalue weighted by Crippen LogP contribution is 2.46. The van der Waals surface area contributed by atoms with Crippen LogP contribution in [-0.2, 0) is 30.3 Å². The molecule has 2 aliphatic heterocycles. The number of hydrogen-bond donors (Lipinski definition) is 5.